The molecule has 3 aromatic rings. The predicted molar refractivity (Wildman–Crippen MR) is 136 cm³/mol. The number of benzene rings is 3. The topological polar surface area (TPSA) is 54.0 Å². The zero-order chi connectivity index (χ0) is 23.9. The molecule has 1 fully saturated rings. The van der Waals surface area contributed by atoms with Crippen LogP contribution >= 0.6 is 0 Å². The third kappa shape index (κ3) is 5.69. The molecule has 0 spiro atoms. The molecule has 0 radical (unpaired) electrons. The first-order chi connectivity index (χ1) is 16.6. The fourth-order valence-corrected chi connectivity index (χ4v) is 4.36. The average Bonchev–Trinajstić information content (AvgIpc) is 2.88. The monoisotopic (exact) mass is 459 g/mol. The summed E-state index contributed by atoms with van der Waals surface area (Å²) in [6.45, 7) is 7.19. The lowest BCUT2D eigenvalue weighted by atomic mass is 10.1. The van der Waals surface area contributed by atoms with E-state index in [2.05, 4.69) is 45.4 Å². The van der Waals surface area contributed by atoms with Crippen molar-refractivity contribution >= 4 is 11.6 Å². The summed E-state index contributed by atoms with van der Waals surface area (Å²) in [4.78, 5) is 17.4. The van der Waals surface area contributed by atoms with Crippen LogP contribution < -0.4 is 19.7 Å². The minimum atomic E-state index is -0.0360. The Morgan fingerprint density at radius 1 is 0.912 bits per heavy atom. The summed E-state index contributed by atoms with van der Waals surface area (Å²) in [5.41, 5.74) is 5.18. The van der Waals surface area contributed by atoms with Crippen LogP contribution in [-0.2, 0) is 13.1 Å². The van der Waals surface area contributed by atoms with Gasteiger partial charge in [-0.25, -0.2) is 0 Å². The standard InChI is InChI=1S/C28H33N3O3/c1-21-7-4-5-10-26(21)28(32)29-19-22-8-6-9-24(17-22)31-15-13-30(14-16-31)20-23-11-12-25(33-2)18-27(23)34-3/h4-12,17-18H,13-16,19-20H2,1-3H3,(H,29,32). The normalized spacial score (nSPS) is 14.0. The largest absolute Gasteiger partial charge is 0.497 e. The summed E-state index contributed by atoms with van der Waals surface area (Å²) in [7, 11) is 3.37. The van der Waals surface area contributed by atoms with Gasteiger partial charge in [-0.2, -0.15) is 0 Å². The van der Waals surface area contributed by atoms with E-state index in [9.17, 15) is 4.79 Å². The number of hydrogen-bond donors (Lipinski definition) is 1. The van der Waals surface area contributed by atoms with Crippen molar-refractivity contribution < 1.29 is 14.3 Å². The van der Waals surface area contributed by atoms with Crippen LogP contribution in [-0.4, -0.2) is 51.2 Å². The van der Waals surface area contributed by atoms with Gasteiger partial charge in [0.2, 0.25) is 0 Å². The second kappa shape index (κ2) is 11.1. The zero-order valence-electron chi connectivity index (χ0n) is 20.2. The summed E-state index contributed by atoms with van der Waals surface area (Å²) in [6, 6.07) is 22.1. The highest BCUT2D eigenvalue weighted by Gasteiger charge is 2.19. The third-order valence-corrected chi connectivity index (χ3v) is 6.38. The van der Waals surface area contributed by atoms with Gasteiger partial charge in [-0.3, -0.25) is 9.69 Å². The first kappa shape index (κ1) is 23.6. The molecule has 1 heterocycles. The lowest BCUT2D eigenvalue weighted by molar-refractivity contribution is 0.0950. The van der Waals surface area contributed by atoms with E-state index < -0.39 is 0 Å². The minimum Gasteiger partial charge on any atom is -0.497 e. The second-order valence-electron chi connectivity index (χ2n) is 8.61. The molecule has 6 nitrogen and oxygen atoms in total. The number of aryl methyl sites for hydroxylation is 1. The lowest BCUT2D eigenvalue weighted by Crippen LogP contribution is -2.46. The smallest absolute Gasteiger partial charge is 0.251 e. The highest BCUT2D eigenvalue weighted by molar-refractivity contribution is 5.95. The van der Waals surface area contributed by atoms with Gasteiger partial charge in [-0.05, 0) is 42.3 Å². The molecular weight excluding hydrogens is 426 g/mol. The van der Waals surface area contributed by atoms with E-state index >= 15 is 0 Å². The van der Waals surface area contributed by atoms with Crippen molar-refractivity contribution in [2.24, 2.45) is 0 Å². The zero-order valence-corrected chi connectivity index (χ0v) is 20.2. The van der Waals surface area contributed by atoms with E-state index in [4.69, 9.17) is 9.47 Å². The van der Waals surface area contributed by atoms with E-state index in [1.54, 1.807) is 14.2 Å². The highest BCUT2D eigenvalue weighted by atomic mass is 16.5. The van der Waals surface area contributed by atoms with Gasteiger partial charge >= 0.3 is 0 Å². The minimum absolute atomic E-state index is 0.0360. The Morgan fingerprint density at radius 3 is 2.44 bits per heavy atom. The van der Waals surface area contributed by atoms with Crippen LogP contribution in [0, 0.1) is 6.92 Å². The van der Waals surface area contributed by atoms with E-state index in [-0.39, 0.29) is 5.91 Å². The van der Waals surface area contributed by atoms with E-state index in [1.165, 1.54) is 11.3 Å². The quantitative estimate of drug-likeness (QED) is 0.545. The first-order valence-corrected chi connectivity index (χ1v) is 11.7. The van der Waals surface area contributed by atoms with Gasteiger partial charge in [0.1, 0.15) is 11.5 Å². The van der Waals surface area contributed by atoms with Gasteiger partial charge in [0, 0.05) is 62.1 Å². The first-order valence-electron chi connectivity index (χ1n) is 11.7. The maximum absolute atomic E-state index is 12.6. The van der Waals surface area contributed by atoms with E-state index in [0.717, 1.165) is 60.9 Å². The Morgan fingerprint density at radius 2 is 1.71 bits per heavy atom. The van der Waals surface area contributed by atoms with Crippen molar-refractivity contribution in [3.8, 4) is 11.5 Å². The molecule has 1 aliphatic rings. The van der Waals surface area contributed by atoms with E-state index in [1.807, 2.05) is 43.3 Å². The van der Waals surface area contributed by atoms with Gasteiger partial charge < -0.3 is 19.7 Å². The molecule has 1 amide bonds. The molecule has 6 heteroatoms. The van der Waals surface area contributed by atoms with Gasteiger partial charge in [-0.15, -0.1) is 0 Å². The molecule has 0 bridgehead atoms. The van der Waals surface area contributed by atoms with Gasteiger partial charge in [-0.1, -0.05) is 36.4 Å². The molecule has 34 heavy (non-hydrogen) atoms. The van der Waals surface area contributed by atoms with Crippen LogP contribution in [0.2, 0.25) is 0 Å². The number of methoxy groups -OCH3 is 2. The Bertz CT molecular complexity index is 1120. The molecule has 0 aliphatic carbocycles. The summed E-state index contributed by atoms with van der Waals surface area (Å²) < 4.78 is 10.9. The maximum atomic E-state index is 12.6. The number of carbonyl (C=O) groups excluding carboxylic acids is 1. The number of nitrogens with one attached hydrogen (secondary N) is 1. The summed E-state index contributed by atoms with van der Waals surface area (Å²) >= 11 is 0. The molecule has 0 saturated carbocycles. The average molecular weight is 460 g/mol. The molecule has 4 rings (SSSR count). The van der Waals surface area contributed by atoms with Crippen molar-refractivity contribution in [3.05, 3.63) is 89.0 Å². The molecule has 0 unspecified atom stereocenters. The lowest BCUT2D eigenvalue weighted by Gasteiger charge is -2.36. The van der Waals surface area contributed by atoms with Gasteiger partial charge in [0.05, 0.1) is 14.2 Å². The summed E-state index contributed by atoms with van der Waals surface area (Å²) in [6.07, 6.45) is 0. The molecule has 3 aromatic carbocycles. The summed E-state index contributed by atoms with van der Waals surface area (Å²) in [5.74, 6) is 1.63. The number of piperazine rings is 1. The number of hydrogen-bond acceptors (Lipinski definition) is 5. The number of nitrogens with zero attached hydrogens (tertiary/aromatic N) is 2. The Kier molecular flexibility index (Phi) is 7.70. The molecule has 1 saturated heterocycles. The number of carbonyl (C=O) groups is 1. The van der Waals surface area contributed by atoms with Gasteiger partial charge in [0.25, 0.3) is 5.91 Å². The van der Waals surface area contributed by atoms with Crippen molar-refractivity contribution in [2.45, 2.75) is 20.0 Å². The van der Waals surface area contributed by atoms with Crippen LogP contribution in [0.4, 0.5) is 5.69 Å². The van der Waals surface area contributed by atoms with Crippen LogP contribution in [0.25, 0.3) is 0 Å². The number of rotatable bonds is 8. The molecule has 1 aliphatic heterocycles. The van der Waals surface area contributed by atoms with Crippen molar-refractivity contribution in [2.75, 3.05) is 45.3 Å². The molecular formula is C28H33N3O3. The number of ether oxygens (including phenoxy) is 2. The SMILES string of the molecule is COc1ccc(CN2CCN(c3cccc(CNC(=O)c4ccccc4C)c3)CC2)c(OC)c1. The third-order valence-electron chi connectivity index (χ3n) is 6.38. The Hall–Kier alpha value is -3.51. The molecule has 0 aromatic heterocycles. The van der Waals surface area contributed by atoms with Crippen LogP contribution in [0.5, 0.6) is 11.5 Å². The molecule has 178 valence electrons. The van der Waals surface area contributed by atoms with Crippen LogP contribution in [0.15, 0.2) is 66.7 Å². The summed E-state index contributed by atoms with van der Waals surface area (Å²) in [5, 5.41) is 3.05. The Labute approximate surface area is 202 Å². The second-order valence-corrected chi connectivity index (χ2v) is 8.61. The van der Waals surface area contributed by atoms with Crippen LogP contribution in [0.1, 0.15) is 27.0 Å². The van der Waals surface area contributed by atoms with Crippen molar-refractivity contribution in [3.63, 3.8) is 0 Å². The predicted octanol–water partition coefficient (Wildman–Crippen LogP) is 4.26. The molecule has 0 atom stereocenters. The van der Waals surface area contributed by atoms with Gasteiger partial charge in [0.15, 0.2) is 0 Å². The molecule has 1 N–H and O–H groups in total. The van der Waals surface area contributed by atoms with Crippen molar-refractivity contribution in [1.82, 2.24) is 10.2 Å². The van der Waals surface area contributed by atoms with Crippen molar-refractivity contribution in [1.29, 1.82) is 0 Å². The number of amides is 1. The fraction of sp³-hybridized carbons (Fsp3) is 0.321. The van der Waals surface area contributed by atoms with E-state index in [0.29, 0.717) is 6.54 Å². The number of anilines is 1. The fourth-order valence-electron chi connectivity index (χ4n) is 4.36. The van der Waals surface area contributed by atoms with Crippen LogP contribution in [0.3, 0.4) is 0 Å². The highest BCUT2D eigenvalue weighted by Crippen LogP contribution is 2.26. The maximum Gasteiger partial charge on any atom is 0.251 e. The Balaban J connectivity index is 1.32.